The van der Waals surface area contributed by atoms with Crippen LogP contribution >= 0.6 is 19.1 Å². The summed E-state index contributed by atoms with van der Waals surface area (Å²) >= 11 is 5.81. The Kier molecular flexibility index (Phi) is 4.74. The van der Waals surface area contributed by atoms with Gasteiger partial charge in [0.25, 0.3) is 0 Å². The minimum Gasteiger partial charge on any atom is -0.429 e. The van der Waals surface area contributed by atoms with Crippen molar-refractivity contribution in [2.45, 2.75) is 13.3 Å². The highest BCUT2D eigenvalue weighted by Crippen LogP contribution is 2.43. The summed E-state index contributed by atoms with van der Waals surface area (Å²) in [6.07, 6.45) is 0.965. The molecule has 0 spiro atoms. The van der Waals surface area contributed by atoms with Crippen LogP contribution in [0.4, 0.5) is 5.69 Å². The van der Waals surface area contributed by atoms with Crippen molar-refractivity contribution in [3.8, 4) is 5.75 Å². The van der Waals surface area contributed by atoms with Gasteiger partial charge in [-0.1, -0.05) is 30.7 Å². The predicted octanol–water partition coefficient (Wildman–Crippen LogP) is 5.22. The zero-order chi connectivity index (χ0) is 14.6. The van der Waals surface area contributed by atoms with Gasteiger partial charge in [0.2, 0.25) is 0 Å². The van der Waals surface area contributed by atoms with Crippen LogP contribution in [-0.2, 0) is 11.0 Å². The maximum atomic E-state index is 12.4. The average Bonchev–Trinajstić information content (AvgIpc) is 2.41. The molecular weight excluding hydrogens is 293 g/mol. The van der Waals surface area contributed by atoms with Gasteiger partial charge in [0.15, 0.2) is 0 Å². The lowest BCUT2D eigenvalue weighted by Crippen LogP contribution is -2.02. The summed E-state index contributed by atoms with van der Waals surface area (Å²) < 4.78 is 18.0. The number of halogens is 1. The lowest BCUT2D eigenvalue weighted by atomic mass is 10.2. The Morgan fingerprint density at radius 1 is 1.10 bits per heavy atom. The molecule has 1 atom stereocenters. The summed E-state index contributed by atoms with van der Waals surface area (Å²) in [7, 11) is -2.97. The molecule has 0 saturated carbocycles. The molecule has 0 fully saturated rings. The van der Waals surface area contributed by atoms with Crippen LogP contribution in [0.15, 0.2) is 48.5 Å². The highest BCUT2D eigenvalue weighted by molar-refractivity contribution is 7.60. The fourth-order valence-electron chi connectivity index (χ4n) is 1.77. The van der Waals surface area contributed by atoms with Crippen molar-refractivity contribution in [3.05, 3.63) is 59.1 Å². The van der Waals surface area contributed by atoms with E-state index in [-0.39, 0.29) is 0 Å². The van der Waals surface area contributed by atoms with Crippen molar-refractivity contribution in [3.63, 3.8) is 0 Å². The van der Waals surface area contributed by atoms with E-state index < -0.39 is 7.52 Å². The lowest BCUT2D eigenvalue weighted by Gasteiger charge is -2.17. The third-order valence-electron chi connectivity index (χ3n) is 2.79. The number of aryl methyl sites for hydroxylation is 1. The van der Waals surface area contributed by atoms with Crippen molar-refractivity contribution in [1.82, 2.24) is 0 Å². The molecule has 2 aromatic carbocycles. The van der Waals surface area contributed by atoms with Crippen LogP contribution in [0.1, 0.15) is 12.5 Å². The van der Waals surface area contributed by atoms with Gasteiger partial charge in [-0.3, -0.25) is 4.57 Å². The van der Waals surface area contributed by atoms with Crippen LogP contribution in [0.2, 0.25) is 5.02 Å². The lowest BCUT2D eigenvalue weighted by molar-refractivity contribution is 0.493. The van der Waals surface area contributed by atoms with Gasteiger partial charge in [-0.05, 0) is 48.4 Å². The van der Waals surface area contributed by atoms with Gasteiger partial charge >= 0.3 is 7.52 Å². The zero-order valence-electron chi connectivity index (χ0n) is 11.5. The number of anilines is 1. The molecule has 2 rings (SSSR count). The maximum absolute atomic E-state index is 12.4. The van der Waals surface area contributed by atoms with E-state index in [1.165, 1.54) is 5.56 Å². The van der Waals surface area contributed by atoms with E-state index >= 15 is 0 Å². The molecule has 0 bridgehead atoms. The molecule has 0 aromatic heterocycles. The van der Waals surface area contributed by atoms with Gasteiger partial charge in [-0.15, -0.1) is 0 Å². The van der Waals surface area contributed by atoms with E-state index in [0.717, 1.165) is 6.42 Å². The molecule has 2 aromatic rings. The molecule has 0 saturated heterocycles. The van der Waals surface area contributed by atoms with Gasteiger partial charge in [0.1, 0.15) is 5.75 Å². The summed E-state index contributed by atoms with van der Waals surface area (Å²) in [6, 6.07) is 14.6. The largest absolute Gasteiger partial charge is 0.429 e. The molecule has 106 valence electrons. The van der Waals surface area contributed by atoms with E-state index in [0.29, 0.717) is 16.5 Å². The SMILES string of the molecule is CCc1ccc(OP(C)(=O)Nc2ccc(Cl)cc2)cc1. The van der Waals surface area contributed by atoms with Crippen LogP contribution in [-0.4, -0.2) is 6.66 Å². The number of hydrogen-bond donors (Lipinski definition) is 1. The fourth-order valence-corrected chi connectivity index (χ4v) is 3.08. The minimum atomic E-state index is -2.97. The smallest absolute Gasteiger partial charge is 0.338 e. The van der Waals surface area contributed by atoms with Gasteiger partial charge in [-0.2, -0.15) is 0 Å². The third-order valence-corrected chi connectivity index (χ3v) is 4.26. The number of benzene rings is 2. The summed E-state index contributed by atoms with van der Waals surface area (Å²) in [5.74, 6) is 0.592. The van der Waals surface area contributed by atoms with Crippen molar-refractivity contribution >= 4 is 24.8 Å². The molecule has 0 amide bonds. The normalized spacial score (nSPS) is 13.6. The Balaban J connectivity index is 2.06. The molecule has 20 heavy (non-hydrogen) atoms. The van der Waals surface area contributed by atoms with Crippen LogP contribution in [0, 0.1) is 0 Å². The van der Waals surface area contributed by atoms with Gasteiger partial charge in [-0.25, -0.2) is 0 Å². The second-order valence-corrected chi connectivity index (χ2v) is 7.09. The van der Waals surface area contributed by atoms with Gasteiger partial charge < -0.3 is 9.61 Å². The quantitative estimate of drug-likeness (QED) is 0.770. The molecule has 0 aliphatic heterocycles. The van der Waals surface area contributed by atoms with Crippen molar-refractivity contribution in [1.29, 1.82) is 0 Å². The van der Waals surface area contributed by atoms with Crippen molar-refractivity contribution in [2.75, 3.05) is 11.8 Å². The summed E-state index contributed by atoms with van der Waals surface area (Å²) in [6.45, 7) is 3.64. The van der Waals surface area contributed by atoms with E-state index in [4.69, 9.17) is 16.1 Å². The Bertz CT molecular complexity index is 611. The van der Waals surface area contributed by atoms with Crippen LogP contribution < -0.4 is 9.61 Å². The average molecular weight is 310 g/mol. The Morgan fingerprint density at radius 3 is 2.25 bits per heavy atom. The standard InChI is InChI=1S/C15H17ClNO2P/c1-3-12-4-10-15(11-5-12)19-20(2,18)17-14-8-6-13(16)7-9-14/h4-11H,3H2,1-2H3,(H,17,18). The minimum absolute atomic E-state index is 0.592. The Labute approximate surface area is 124 Å². The van der Waals surface area contributed by atoms with Crippen molar-refractivity contribution < 1.29 is 9.09 Å². The number of rotatable bonds is 5. The topological polar surface area (TPSA) is 38.3 Å². The molecule has 0 radical (unpaired) electrons. The summed E-state index contributed by atoms with van der Waals surface area (Å²) in [4.78, 5) is 0. The number of nitrogens with one attached hydrogen (secondary N) is 1. The first-order valence-electron chi connectivity index (χ1n) is 6.38. The molecule has 0 aliphatic carbocycles. The molecule has 1 unspecified atom stereocenters. The highest BCUT2D eigenvalue weighted by atomic mass is 35.5. The van der Waals surface area contributed by atoms with E-state index in [9.17, 15) is 4.57 Å². The molecule has 3 nitrogen and oxygen atoms in total. The molecule has 0 heterocycles. The highest BCUT2D eigenvalue weighted by Gasteiger charge is 2.17. The van der Waals surface area contributed by atoms with Gasteiger partial charge in [0, 0.05) is 17.4 Å². The van der Waals surface area contributed by atoms with Gasteiger partial charge in [0.05, 0.1) is 0 Å². The fraction of sp³-hybridized carbons (Fsp3) is 0.200. The molecule has 5 heteroatoms. The third kappa shape index (κ3) is 4.29. The van der Waals surface area contributed by atoms with E-state index in [1.807, 2.05) is 24.3 Å². The first-order valence-corrected chi connectivity index (χ1v) is 8.83. The van der Waals surface area contributed by atoms with Crippen molar-refractivity contribution in [2.24, 2.45) is 0 Å². The first-order chi connectivity index (χ1) is 9.48. The molecule has 0 aliphatic rings. The van der Waals surface area contributed by atoms with E-state index in [2.05, 4.69) is 12.0 Å². The second kappa shape index (κ2) is 6.34. The second-order valence-electron chi connectivity index (χ2n) is 4.55. The monoisotopic (exact) mass is 309 g/mol. The van der Waals surface area contributed by atoms with Crippen LogP contribution in [0.3, 0.4) is 0 Å². The van der Waals surface area contributed by atoms with Crippen LogP contribution in [0.5, 0.6) is 5.75 Å². The Hall–Kier alpha value is -1.44. The van der Waals surface area contributed by atoms with E-state index in [1.54, 1.807) is 30.9 Å². The summed E-state index contributed by atoms with van der Waals surface area (Å²) in [5, 5.41) is 3.53. The maximum Gasteiger partial charge on any atom is 0.338 e. The molecular formula is C15H17ClNO2P. The summed E-state index contributed by atoms with van der Waals surface area (Å²) in [5.41, 5.74) is 1.93. The molecule has 1 N–H and O–H groups in total. The first kappa shape index (κ1) is 15.0. The Morgan fingerprint density at radius 2 is 1.70 bits per heavy atom. The zero-order valence-corrected chi connectivity index (χ0v) is 13.1. The number of hydrogen-bond acceptors (Lipinski definition) is 2. The van der Waals surface area contributed by atoms with Crippen LogP contribution in [0.25, 0.3) is 0 Å². The predicted molar refractivity (Wildman–Crippen MR) is 85.1 cm³/mol.